The van der Waals surface area contributed by atoms with Crippen LogP contribution in [0, 0.1) is 5.92 Å². The Bertz CT molecular complexity index is 796. The van der Waals surface area contributed by atoms with E-state index in [4.69, 9.17) is 11.6 Å². The van der Waals surface area contributed by atoms with E-state index in [0.29, 0.717) is 27.8 Å². The molecule has 1 aliphatic heterocycles. The Balaban J connectivity index is 0.00000261. The standard InChI is InChI=1S/C20H22ClN3O2.ClH/c1-13-10-11-22-12-18(13)24-20(26)16-4-2-3-5-17(16)23-19(25)14-6-8-15(21)9-7-14;/h2-9,13,18,22H,10-12H2,1H3,(H,23,25)(H,24,26);1H. The van der Waals surface area contributed by atoms with Gasteiger partial charge in [-0.25, -0.2) is 0 Å². The van der Waals surface area contributed by atoms with Gasteiger partial charge in [-0.1, -0.05) is 30.7 Å². The van der Waals surface area contributed by atoms with Crippen molar-refractivity contribution >= 4 is 41.5 Å². The molecule has 0 saturated carbocycles. The predicted molar refractivity (Wildman–Crippen MR) is 111 cm³/mol. The van der Waals surface area contributed by atoms with Crippen molar-refractivity contribution in [2.45, 2.75) is 19.4 Å². The van der Waals surface area contributed by atoms with E-state index in [1.807, 2.05) is 0 Å². The molecule has 2 aromatic carbocycles. The molecule has 5 nitrogen and oxygen atoms in total. The van der Waals surface area contributed by atoms with Crippen LogP contribution in [0.5, 0.6) is 0 Å². The summed E-state index contributed by atoms with van der Waals surface area (Å²) < 4.78 is 0. The number of halogens is 2. The van der Waals surface area contributed by atoms with E-state index in [1.54, 1.807) is 48.5 Å². The maximum atomic E-state index is 12.7. The molecule has 0 bridgehead atoms. The second-order valence-electron chi connectivity index (χ2n) is 6.56. The first-order chi connectivity index (χ1) is 12.5. The summed E-state index contributed by atoms with van der Waals surface area (Å²) in [4.78, 5) is 25.2. The number of amides is 2. The molecule has 0 aromatic heterocycles. The fourth-order valence-electron chi connectivity index (χ4n) is 3.01. The van der Waals surface area contributed by atoms with E-state index in [1.165, 1.54) is 0 Å². The highest BCUT2D eigenvalue weighted by Gasteiger charge is 2.24. The Morgan fingerprint density at radius 3 is 2.48 bits per heavy atom. The molecule has 2 unspecified atom stereocenters. The summed E-state index contributed by atoms with van der Waals surface area (Å²) >= 11 is 5.86. The van der Waals surface area contributed by atoms with Gasteiger partial charge in [0.25, 0.3) is 11.8 Å². The largest absolute Gasteiger partial charge is 0.348 e. The number of piperidine rings is 1. The molecular weight excluding hydrogens is 385 g/mol. The molecule has 1 aliphatic rings. The zero-order chi connectivity index (χ0) is 18.5. The van der Waals surface area contributed by atoms with E-state index in [2.05, 4.69) is 22.9 Å². The van der Waals surface area contributed by atoms with E-state index in [9.17, 15) is 9.59 Å². The number of carbonyl (C=O) groups is 2. The van der Waals surface area contributed by atoms with Gasteiger partial charge in [0.2, 0.25) is 0 Å². The van der Waals surface area contributed by atoms with E-state index in [-0.39, 0.29) is 30.3 Å². The minimum Gasteiger partial charge on any atom is -0.348 e. The zero-order valence-corrected chi connectivity index (χ0v) is 16.6. The molecule has 7 heteroatoms. The molecule has 1 heterocycles. The van der Waals surface area contributed by atoms with Crippen molar-refractivity contribution in [3.05, 3.63) is 64.7 Å². The predicted octanol–water partition coefficient (Wildman–Crippen LogP) is 3.74. The molecule has 2 aromatic rings. The van der Waals surface area contributed by atoms with E-state index in [0.717, 1.165) is 19.5 Å². The molecule has 27 heavy (non-hydrogen) atoms. The summed E-state index contributed by atoms with van der Waals surface area (Å²) in [7, 11) is 0. The normalized spacial score (nSPS) is 18.9. The topological polar surface area (TPSA) is 70.2 Å². The van der Waals surface area contributed by atoms with Crippen molar-refractivity contribution in [2.24, 2.45) is 5.92 Å². The van der Waals surface area contributed by atoms with Crippen molar-refractivity contribution in [1.29, 1.82) is 0 Å². The van der Waals surface area contributed by atoms with Gasteiger partial charge in [0.05, 0.1) is 11.3 Å². The van der Waals surface area contributed by atoms with Crippen LogP contribution in [-0.2, 0) is 0 Å². The van der Waals surface area contributed by atoms with Crippen LogP contribution in [0.2, 0.25) is 5.02 Å². The van der Waals surface area contributed by atoms with Gasteiger partial charge in [-0.05, 0) is 55.3 Å². The Labute approximate surface area is 170 Å². The smallest absolute Gasteiger partial charge is 0.255 e. The monoisotopic (exact) mass is 407 g/mol. The minimum absolute atomic E-state index is 0. The van der Waals surface area contributed by atoms with Crippen molar-refractivity contribution in [3.63, 3.8) is 0 Å². The molecule has 2 atom stereocenters. The van der Waals surface area contributed by atoms with Gasteiger partial charge in [0.15, 0.2) is 0 Å². The highest BCUT2D eigenvalue weighted by Crippen LogP contribution is 2.19. The van der Waals surface area contributed by atoms with Gasteiger partial charge in [0.1, 0.15) is 0 Å². The summed E-state index contributed by atoms with van der Waals surface area (Å²) in [6.45, 7) is 3.87. The molecule has 1 saturated heterocycles. The van der Waals surface area contributed by atoms with Crippen LogP contribution in [0.15, 0.2) is 48.5 Å². The zero-order valence-electron chi connectivity index (χ0n) is 15.0. The third-order valence-corrected chi connectivity index (χ3v) is 4.92. The number of hydrogen-bond acceptors (Lipinski definition) is 3. The Kier molecular flexibility index (Phi) is 7.66. The number of anilines is 1. The number of rotatable bonds is 4. The molecule has 3 N–H and O–H groups in total. The quantitative estimate of drug-likeness (QED) is 0.722. The van der Waals surface area contributed by atoms with Crippen LogP contribution in [0.3, 0.4) is 0 Å². The molecular formula is C20H23Cl2N3O2. The number of benzene rings is 2. The molecule has 144 valence electrons. The fraction of sp³-hybridized carbons (Fsp3) is 0.300. The first kappa shape index (κ1) is 21.2. The Morgan fingerprint density at radius 1 is 1.07 bits per heavy atom. The van der Waals surface area contributed by atoms with Gasteiger partial charge in [-0.15, -0.1) is 12.4 Å². The Morgan fingerprint density at radius 2 is 1.78 bits per heavy atom. The first-order valence-electron chi connectivity index (χ1n) is 8.72. The van der Waals surface area contributed by atoms with Crippen LogP contribution in [0.25, 0.3) is 0 Å². The van der Waals surface area contributed by atoms with Crippen LogP contribution >= 0.6 is 24.0 Å². The molecule has 3 rings (SSSR count). The van der Waals surface area contributed by atoms with Crippen molar-refractivity contribution < 1.29 is 9.59 Å². The fourth-order valence-corrected chi connectivity index (χ4v) is 3.14. The van der Waals surface area contributed by atoms with Gasteiger partial charge < -0.3 is 16.0 Å². The van der Waals surface area contributed by atoms with Crippen LogP contribution in [0.1, 0.15) is 34.1 Å². The lowest BCUT2D eigenvalue weighted by atomic mass is 9.94. The third-order valence-electron chi connectivity index (χ3n) is 4.67. The summed E-state index contributed by atoms with van der Waals surface area (Å²) in [5.74, 6) is -0.0526. The number of hydrogen-bond donors (Lipinski definition) is 3. The lowest BCUT2D eigenvalue weighted by molar-refractivity contribution is 0.0916. The van der Waals surface area contributed by atoms with Crippen molar-refractivity contribution in [2.75, 3.05) is 18.4 Å². The van der Waals surface area contributed by atoms with Crippen LogP contribution in [0.4, 0.5) is 5.69 Å². The van der Waals surface area contributed by atoms with Crippen molar-refractivity contribution in [3.8, 4) is 0 Å². The summed E-state index contributed by atoms with van der Waals surface area (Å²) in [6, 6.07) is 13.7. The lowest BCUT2D eigenvalue weighted by Crippen LogP contribution is -2.50. The second kappa shape index (κ2) is 9.74. The van der Waals surface area contributed by atoms with E-state index < -0.39 is 0 Å². The van der Waals surface area contributed by atoms with Gasteiger partial charge in [-0.2, -0.15) is 0 Å². The Hall–Kier alpha value is -2.08. The average Bonchev–Trinajstić information content (AvgIpc) is 2.64. The van der Waals surface area contributed by atoms with Gasteiger partial charge in [-0.3, -0.25) is 9.59 Å². The summed E-state index contributed by atoms with van der Waals surface area (Å²) in [5, 5.41) is 9.76. The number of para-hydroxylation sites is 1. The van der Waals surface area contributed by atoms with E-state index >= 15 is 0 Å². The molecule has 0 aliphatic carbocycles. The van der Waals surface area contributed by atoms with Gasteiger partial charge in [0, 0.05) is 23.2 Å². The van der Waals surface area contributed by atoms with Crippen LogP contribution in [-0.4, -0.2) is 30.9 Å². The average molecular weight is 408 g/mol. The molecule has 0 radical (unpaired) electrons. The summed E-state index contributed by atoms with van der Waals surface area (Å²) in [6.07, 6.45) is 1.03. The third kappa shape index (κ3) is 5.45. The maximum absolute atomic E-state index is 12.7. The minimum atomic E-state index is -0.283. The number of nitrogens with one attached hydrogen (secondary N) is 3. The first-order valence-corrected chi connectivity index (χ1v) is 9.10. The van der Waals surface area contributed by atoms with Crippen LogP contribution < -0.4 is 16.0 Å². The van der Waals surface area contributed by atoms with Gasteiger partial charge >= 0.3 is 0 Å². The molecule has 2 amide bonds. The number of carbonyl (C=O) groups excluding carboxylic acids is 2. The molecule has 0 spiro atoms. The highest BCUT2D eigenvalue weighted by molar-refractivity contribution is 6.30. The lowest BCUT2D eigenvalue weighted by Gasteiger charge is -2.30. The second-order valence-corrected chi connectivity index (χ2v) is 6.99. The summed E-state index contributed by atoms with van der Waals surface area (Å²) in [5.41, 5.74) is 1.42. The highest BCUT2D eigenvalue weighted by atomic mass is 35.5. The maximum Gasteiger partial charge on any atom is 0.255 e. The molecule has 1 fully saturated rings. The SMILES string of the molecule is CC1CCNCC1NC(=O)c1ccccc1NC(=O)c1ccc(Cl)cc1.Cl. The van der Waals surface area contributed by atoms with Crippen molar-refractivity contribution in [1.82, 2.24) is 10.6 Å².